The summed E-state index contributed by atoms with van der Waals surface area (Å²) in [6.45, 7) is 6.45. The molecule has 0 heterocycles. The van der Waals surface area contributed by atoms with E-state index in [2.05, 4.69) is 21.2 Å². The third kappa shape index (κ3) is 7.89. The number of non-ortho nitro benzene ring substituents is 1. The monoisotopic (exact) mass is 630 g/mol. The molecule has 0 radical (unpaired) electrons. The number of benzene rings is 3. The SMILES string of the molecule is C[C@H](C(=O)NC(C)(C)C)N(Cc1ccc(Br)cc1)C(=O)CN(c1ccc([N+](=O)[O-])cc1)S(=O)(=O)c1ccccc1. The number of carbonyl (C=O) groups is 2. The number of hydrogen-bond donors (Lipinski definition) is 1. The third-order valence-electron chi connectivity index (χ3n) is 5.89. The Kier molecular flexibility index (Phi) is 9.69. The summed E-state index contributed by atoms with van der Waals surface area (Å²) in [4.78, 5) is 38.8. The van der Waals surface area contributed by atoms with Gasteiger partial charge in [-0.1, -0.05) is 46.3 Å². The van der Waals surface area contributed by atoms with Gasteiger partial charge in [0.05, 0.1) is 15.5 Å². The minimum atomic E-state index is -4.26. The Morgan fingerprint density at radius 2 is 1.55 bits per heavy atom. The first-order valence-electron chi connectivity index (χ1n) is 12.4. The van der Waals surface area contributed by atoms with Gasteiger partial charge in [0.25, 0.3) is 15.7 Å². The van der Waals surface area contributed by atoms with Gasteiger partial charge in [-0.25, -0.2) is 8.42 Å². The lowest BCUT2D eigenvalue weighted by Crippen LogP contribution is -2.54. The second-order valence-corrected chi connectivity index (χ2v) is 12.9. The Bertz CT molecular complexity index is 1460. The molecule has 0 aliphatic carbocycles. The summed E-state index contributed by atoms with van der Waals surface area (Å²) in [5, 5.41) is 14.0. The fraction of sp³-hybridized carbons (Fsp3) is 0.286. The topological polar surface area (TPSA) is 130 Å². The average Bonchev–Trinajstić information content (AvgIpc) is 2.90. The van der Waals surface area contributed by atoms with Gasteiger partial charge < -0.3 is 10.2 Å². The van der Waals surface area contributed by atoms with Gasteiger partial charge in [-0.2, -0.15) is 0 Å². The summed E-state index contributed by atoms with van der Waals surface area (Å²) in [5.74, 6) is -1.02. The Labute approximate surface area is 242 Å². The van der Waals surface area contributed by atoms with Gasteiger partial charge in [0.15, 0.2) is 0 Å². The van der Waals surface area contributed by atoms with Crippen LogP contribution in [0.3, 0.4) is 0 Å². The van der Waals surface area contributed by atoms with E-state index >= 15 is 0 Å². The quantitative estimate of drug-likeness (QED) is 0.251. The highest BCUT2D eigenvalue weighted by Crippen LogP contribution is 2.26. The van der Waals surface area contributed by atoms with Crippen molar-refractivity contribution in [3.05, 3.63) is 99.0 Å². The number of rotatable bonds is 10. The van der Waals surface area contributed by atoms with E-state index in [1.165, 1.54) is 41.3 Å². The smallest absolute Gasteiger partial charge is 0.269 e. The van der Waals surface area contributed by atoms with Crippen molar-refractivity contribution >= 4 is 49.1 Å². The van der Waals surface area contributed by atoms with Crippen molar-refractivity contribution in [2.75, 3.05) is 10.8 Å². The van der Waals surface area contributed by atoms with Gasteiger partial charge in [0.1, 0.15) is 12.6 Å². The zero-order chi connectivity index (χ0) is 29.7. The second kappa shape index (κ2) is 12.6. The van der Waals surface area contributed by atoms with Crippen molar-refractivity contribution < 1.29 is 22.9 Å². The van der Waals surface area contributed by atoms with Gasteiger partial charge in [-0.3, -0.25) is 24.0 Å². The predicted octanol–water partition coefficient (Wildman–Crippen LogP) is 4.88. The van der Waals surface area contributed by atoms with E-state index in [4.69, 9.17) is 0 Å². The number of amides is 2. The number of nitro benzene ring substituents is 1. The lowest BCUT2D eigenvalue weighted by Gasteiger charge is -2.33. The standard InChI is InChI=1S/C28H31BrN4O6S/c1-20(27(35)30-28(2,3)4)31(18-21-10-12-22(29)13-11-21)26(34)19-32(23-14-16-24(17-15-23)33(36)37)40(38,39)25-8-6-5-7-9-25/h5-17,20H,18-19H2,1-4H3,(H,30,35)/t20-/m1/s1. The molecule has 0 fully saturated rings. The van der Waals surface area contributed by atoms with Crippen LogP contribution >= 0.6 is 15.9 Å². The zero-order valence-corrected chi connectivity index (χ0v) is 25.0. The molecular formula is C28H31BrN4O6S. The summed E-state index contributed by atoms with van der Waals surface area (Å²) in [6, 6.07) is 18.8. The van der Waals surface area contributed by atoms with Gasteiger partial charge in [-0.15, -0.1) is 0 Å². The molecule has 0 aromatic heterocycles. The van der Waals surface area contributed by atoms with Gasteiger partial charge in [0, 0.05) is 28.7 Å². The van der Waals surface area contributed by atoms with Crippen LogP contribution in [0.25, 0.3) is 0 Å². The maximum atomic E-state index is 13.9. The highest BCUT2D eigenvalue weighted by atomic mass is 79.9. The van der Waals surface area contributed by atoms with Crippen LogP contribution < -0.4 is 9.62 Å². The molecule has 40 heavy (non-hydrogen) atoms. The van der Waals surface area contributed by atoms with E-state index < -0.39 is 44.9 Å². The first-order chi connectivity index (χ1) is 18.7. The number of halogens is 1. The van der Waals surface area contributed by atoms with Crippen LogP contribution in [0.15, 0.2) is 88.2 Å². The Morgan fingerprint density at radius 3 is 2.08 bits per heavy atom. The maximum absolute atomic E-state index is 13.9. The summed E-state index contributed by atoms with van der Waals surface area (Å²) in [5.41, 5.74) is 0.0217. The molecule has 0 spiro atoms. The molecule has 0 aliphatic rings. The van der Waals surface area contributed by atoms with Gasteiger partial charge in [-0.05, 0) is 69.7 Å². The summed E-state index contributed by atoms with van der Waals surface area (Å²) < 4.78 is 29.2. The van der Waals surface area contributed by atoms with Crippen LogP contribution in [0, 0.1) is 10.1 Å². The summed E-state index contributed by atoms with van der Waals surface area (Å²) >= 11 is 3.38. The Morgan fingerprint density at radius 1 is 0.975 bits per heavy atom. The molecule has 0 aliphatic heterocycles. The molecule has 0 unspecified atom stereocenters. The van der Waals surface area contributed by atoms with Gasteiger partial charge in [0.2, 0.25) is 11.8 Å². The van der Waals surface area contributed by atoms with E-state index in [1.54, 1.807) is 49.4 Å². The predicted molar refractivity (Wildman–Crippen MR) is 156 cm³/mol. The number of carbonyl (C=O) groups excluding carboxylic acids is 2. The van der Waals surface area contributed by atoms with Crippen molar-refractivity contribution in [3.63, 3.8) is 0 Å². The van der Waals surface area contributed by atoms with Crippen LogP contribution in [-0.4, -0.2) is 48.2 Å². The summed E-state index contributed by atoms with van der Waals surface area (Å²) in [7, 11) is -4.26. The first kappa shape index (κ1) is 30.8. The van der Waals surface area contributed by atoms with E-state index in [9.17, 15) is 28.1 Å². The number of anilines is 1. The molecule has 10 nitrogen and oxygen atoms in total. The summed E-state index contributed by atoms with van der Waals surface area (Å²) in [6.07, 6.45) is 0. The Balaban J connectivity index is 2.04. The second-order valence-electron chi connectivity index (χ2n) is 10.2. The van der Waals surface area contributed by atoms with E-state index in [-0.39, 0.29) is 22.8 Å². The first-order valence-corrected chi connectivity index (χ1v) is 14.6. The van der Waals surface area contributed by atoms with Crippen molar-refractivity contribution in [1.82, 2.24) is 10.2 Å². The number of hydrogen-bond acceptors (Lipinski definition) is 6. The number of nitrogens with one attached hydrogen (secondary N) is 1. The van der Waals surface area contributed by atoms with Crippen LogP contribution in [0.4, 0.5) is 11.4 Å². The van der Waals surface area contributed by atoms with Crippen molar-refractivity contribution in [1.29, 1.82) is 0 Å². The van der Waals surface area contributed by atoms with Crippen LogP contribution in [0.1, 0.15) is 33.3 Å². The molecule has 12 heteroatoms. The van der Waals surface area contributed by atoms with Crippen LogP contribution in [-0.2, 0) is 26.2 Å². The largest absolute Gasteiger partial charge is 0.350 e. The molecule has 1 N–H and O–H groups in total. The fourth-order valence-electron chi connectivity index (χ4n) is 3.83. The molecule has 1 atom stereocenters. The molecule has 3 rings (SSSR count). The van der Waals surface area contributed by atoms with Crippen molar-refractivity contribution in [2.24, 2.45) is 0 Å². The highest BCUT2D eigenvalue weighted by Gasteiger charge is 2.33. The average molecular weight is 632 g/mol. The lowest BCUT2D eigenvalue weighted by atomic mass is 10.1. The molecule has 2 amide bonds. The fourth-order valence-corrected chi connectivity index (χ4v) is 5.53. The van der Waals surface area contributed by atoms with E-state index in [0.717, 1.165) is 14.3 Å². The lowest BCUT2D eigenvalue weighted by molar-refractivity contribution is -0.384. The molecule has 212 valence electrons. The molecule has 3 aromatic rings. The van der Waals surface area contributed by atoms with Crippen molar-refractivity contribution in [3.8, 4) is 0 Å². The number of nitrogens with zero attached hydrogens (tertiary/aromatic N) is 3. The third-order valence-corrected chi connectivity index (χ3v) is 8.21. The Hall–Kier alpha value is -3.77. The molecule has 3 aromatic carbocycles. The van der Waals surface area contributed by atoms with Crippen LogP contribution in [0.5, 0.6) is 0 Å². The van der Waals surface area contributed by atoms with Crippen molar-refractivity contribution in [2.45, 2.75) is 50.7 Å². The van der Waals surface area contributed by atoms with E-state index in [0.29, 0.717) is 0 Å². The molecule has 0 saturated heterocycles. The molecule has 0 bridgehead atoms. The number of sulfonamides is 1. The molecular weight excluding hydrogens is 600 g/mol. The normalized spacial score (nSPS) is 12.3. The zero-order valence-electron chi connectivity index (χ0n) is 22.6. The maximum Gasteiger partial charge on any atom is 0.269 e. The van der Waals surface area contributed by atoms with Crippen LogP contribution in [0.2, 0.25) is 0 Å². The molecule has 0 saturated carbocycles. The number of nitro groups is 1. The van der Waals surface area contributed by atoms with Gasteiger partial charge >= 0.3 is 0 Å². The van der Waals surface area contributed by atoms with E-state index in [1.807, 2.05) is 20.8 Å². The minimum Gasteiger partial charge on any atom is -0.350 e. The highest BCUT2D eigenvalue weighted by molar-refractivity contribution is 9.10. The minimum absolute atomic E-state index is 0.0460.